The summed E-state index contributed by atoms with van der Waals surface area (Å²) in [6.45, 7) is 18.0. The molecule has 8 rings (SSSR count). The molecule has 0 radical (unpaired) electrons. The van der Waals surface area contributed by atoms with Gasteiger partial charge in [-0.2, -0.15) is 16.8 Å². The van der Waals surface area contributed by atoms with E-state index in [0.717, 1.165) is 69.7 Å². The number of rotatable bonds is 11. The first kappa shape index (κ1) is 38.2. The molecule has 8 nitrogen and oxygen atoms in total. The van der Waals surface area contributed by atoms with Crippen LogP contribution in [-0.4, -0.2) is 67.8 Å². The van der Waals surface area contributed by atoms with E-state index in [-0.39, 0.29) is 62.9 Å². The van der Waals surface area contributed by atoms with Gasteiger partial charge in [0.15, 0.2) is 0 Å². The highest BCUT2D eigenvalue weighted by Gasteiger charge is 2.67. The Morgan fingerprint density at radius 1 is 0.808 bits per heavy atom. The van der Waals surface area contributed by atoms with Crippen molar-refractivity contribution in [1.82, 2.24) is 4.90 Å². The topological polar surface area (TPSA) is 99.2 Å². The maximum Gasteiger partial charge on any atom is 0.296 e. The van der Waals surface area contributed by atoms with Crippen LogP contribution in [0.3, 0.4) is 0 Å². The van der Waals surface area contributed by atoms with Gasteiger partial charge in [0.2, 0.25) is 0 Å². The fourth-order valence-corrected chi connectivity index (χ4v) is 13.7. The highest BCUT2D eigenvalue weighted by Crippen LogP contribution is 2.73. The van der Waals surface area contributed by atoms with Gasteiger partial charge < -0.3 is 4.74 Å². The molecule has 0 unspecified atom stereocenters. The lowest BCUT2D eigenvalue weighted by Crippen LogP contribution is -2.65. The number of hydrogen-bond donors (Lipinski definition) is 0. The van der Waals surface area contributed by atoms with Gasteiger partial charge in [-0.25, -0.2) is 0 Å². The first-order valence-electron chi connectivity index (χ1n) is 19.5. The van der Waals surface area contributed by atoms with E-state index in [1.165, 1.54) is 18.4 Å². The van der Waals surface area contributed by atoms with Crippen molar-refractivity contribution >= 4 is 20.2 Å². The molecule has 3 saturated carbocycles. The van der Waals surface area contributed by atoms with Gasteiger partial charge in [-0.05, 0) is 122 Å². The second-order valence-electron chi connectivity index (χ2n) is 17.7. The summed E-state index contributed by atoms with van der Waals surface area (Å²) in [7, 11) is -8.08. The van der Waals surface area contributed by atoms with E-state index < -0.39 is 20.2 Å². The molecule has 8 atom stereocenters. The maximum absolute atomic E-state index is 13.7. The number of nitrogens with zero attached hydrogens (tertiary/aromatic N) is 1. The first-order valence-corrected chi connectivity index (χ1v) is 22.3. The first-order chi connectivity index (χ1) is 24.6. The van der Waals surface area contributed by atoms with Crippen LogP contribution >= 0.6 is 0 Å². The molecule has 6 aliphatic rings. The largest absolute Gasteiger partial charge is 0.379 e. The predicted octanol–water partition coefficient (Wildman–Crippen LogP) is 7.80. The van der Waals surface area contributed by atoms with Crippen molar-refractivity contribution in [3.63, 3.8) is 0 Å². The third-order valence-electron chi connectivity index (χ3n) is 14.3. The Labute approximate surface area is 312 Å². The number of allylic oxidation sites excluding steroid dienone is 2. The Hall–Kier alpha value is -2.08. The summed E-state index contributed by atoms with van der Waals surface area (Å²) in [4.78, 5) is 2.89. The zero-order valence-electron chi connectivity index (χ0n) is 32.0. The maximum atomic E-state index is 13.7. The van der Waals surface area contributed by atoms with E-state index in [1.54, 1.807) is 48.5 Å². The third kappa shape index (κ3) is 6.87. The molecular weight excluding hydrogens is 695 g/mol. The fourth-order valence-electron chi connectivity index (χ4n) is 11.9. The summed E-state index contributed by atoms with van der Waals surface area (Å²) in [5.41, 5.74) is 3.22. The summed E-state index contributed by atoms with van der Waals surface area (Å²) in [5, 5.41) is 0. The highest BCUT2D eigenvalue weighted by atomic mass is 32.2. The number of ether oxygens (including phenoxy) is 1. The van der Waals surface area contributed by atoms with Crippen molar-refractivity contribution in [1.29, 1.82) is 0 Å². The Morgan fingerprint density at radius 2 is 1.38 bits per heavy atom. The van der Waals surface area contributed by atoms with Gasteiger partial charge >= 0.3 is 0 Å². The Kier molecular flexibility index (Phi) is 10.4. The van der Waals surface area contributed by atoms with E-state index in [9.17, 15) is 16.8 Å². The van der Waals surface area contributed by atoms with Gasteiger partial charge in [0, 0.05) is 19.6 Å². The zero-order chi connectivity index (χ0) is 37.1. The van der Waals surface area contributed by atoms with E-state index in [1.807, 2.05) is 13.8 Å². The van der Waals surface area contributed by atoms with Gasteiger partial charge in [-0.15, -0.1) is 0 Å². The van der Waals surface area contributed by atoms with Crippen molar-refractivity contribution in [2.24, 2.45) is 51.8 Å². The number of morpholine rings is 1. The molecule has 286 valence electrons. The molecule has 1 spiro atoms. The fraction of sp³-hybridized carbons (Fsp3) is 0.667. The van der Waals surface area contributed by atoms with Gasteiger partial charge in [0.05, 0.1) is 36.2 Å². The van der Waals surface area contributed by atoms with Crippen molar-refractivity contribution in [3.8, 4) is 0 Å². The minimum atomic E-state index is -4.05. The molecule has 2 aromatic carbocycles. The van der Waals surface area contributed by atoms with Gasteiger partial charge in [-0.3, -0.25) is 13.3 Å². The van der Waals surface area contributed by atoms with Crippen molar-refractivity contribution in [3.05, 3.63) is 71.3 Å². The number of fused-ring (bicyclic) bond motifs is 2. The van der Waals surface area contributed by atoms with Crippen LogP contribution in [0, 0.1) is 65.6 Å². The Bertz CT molecular complexity index is 1850. The SMILES string of the molecule is Cc1ccc(S(=O)(=O)OC[C@@H]2[C@@H](COS(=O)(=O)c3ccc(C)cc3)[C@@]34C=C(C(C)C)[C@@H]2C[C@@H]3[C@@]2(C)CCC[C@@](C)(CN3CCOCC3)[C@@H]2CC4)cc1. The lowest BCUT2D eigenvalue weighted by atomic mass is 9.34. The average molecular weight is 754 g/mol. The number of hydrogen-bond acceptors (Lipinski definition) is 8. The van der Waals surface area contributed by atoms with Crippen LogP contribution in [0.15, 0.2) is 70.0 Å². The molecule has 2 aromatic rings. The summed E-state index contributed by atoms with van der Waals surface area (Å²) >= 11 is 0. The molecular formula is C42H59NO7S2. The minimum absolute atomic E-state index is 0.00448. The van der Waals surface area contributed by atoms with E-state index in [2.05, 4.69) is 38.7 Å². The normalized spacial score (nSPS) is 35.2. The van der Waals surface area contributed by atoms with E-state index in [0.29, 0.717) is 11.8 Å². The van der Waals surface area contributed by atoms with Gasteiger partial charge in [0.1, 0.15) is 0 Å². The van der Waals surface area contributed by atoms with Crippen molar-refractivity contribution < 1.29 is 29.9 Å². The van der Waals surface area contributed by atoms with Crippen molar-refractivity contribution in [2.75, 3.05) is 46.1 Å². The molecule has 0 N–H and O–H groups in total. The van der Waals surface area contributed by atoms with Gasteiger partial charge in [-0.1, -0.05) is 81.2 Å². The number of aryl methyl sites for hydroxylation is 2. The van der Waals surface area contributed by atoms with Crippen LogP contribution in [0.2, 0.25) is 0 Å². The molecule has 0 amide bonds. The van der Waals surface area contributed by atoms with Crippen LogP contribution in [0.4, 0.5) is 0 Å². The lowest BCUT2D eigenvalue weighted by Gasteiger charge is -2.70. The predicted molar refractivity (Wildman–Crippen MR) is 203 cm³/mol. The van der Waals surface area contributed by atoms with Crippen LogP contribution in [0.5, 0.6) is 0 Å². The summed E-state index contributed by atoms with van der Waals surface area (Å²) in [6.07, 6.45) is 9.04. The summed E-state index contributed by atoms with van der Waals surface area (Å²) < 4.78 is 72.5. The monoisotopic (exact) mass is 753 g/mol. The van der Waals surface area contributed by atoms with Crippen molar-refractivity contribution in [2.45, 2.75) is 89.9 Å². The minimum Gasteiger partial charge on any atom is -0.379 e. The molecule has 10 heteroatoms. The zero-order valence-corrected chi connectivity index (χ0v) is 33.6. The number of benzene rings is 2. The van der Waals surface area contributed by atoms with Crippen LogP contribution in [0.1, 0.15) is 77.3 Å². The van der Waals surface area contributed by atoms with Gasteiger partial charge in [0.25, 0.3) is 20.2 Å². The molecule has 1 heterocycles. The molecule has 2 bridgehead atoms. The summed E-state index contributed by atoms with van der Waals surface area (Å²) in [6, 6.07) is 13.5. The Morgan fingerprint density at radius 3 is 1.96 bits per heavy atom. The smallest absolute Gasteiger partial charge is 0.296 e. The van der Waals surface area contributed by atoms with E-state index in [4.69, 9.17) is 13.1 Å². The molecule has 1 aliphatic heterocycles. The molecule has 1 saturated heterocycles. The van der Waals surface area contributed by atoms with Crippen LogP contribution in [0.25, 0.3) is 0 Å². The summed E-state index contributed by atoms with van der Waals surface area (Å²) in [5.74, 6) is 0.778. The highest BCUT2D eigenvalue weighted by molar-refractivity contribution is 7.87. The molecule has 4 fully saturated rings. The van der Waals surface area contributed by atoms with E-state index >= 15 is 0 Å². The lowest BCUT2D eigenvalue weighted by molar-refractivity contribution is -0.195. The molecule has 52 heavy (non-hydrogen) atoms. The standard InChI is InChI=1S/C42H59NO7S2/c1-29(2)35-25-42-19-16-38-40(5,28-43-20-22-48-23-21-43)17-7-18-41(38,6)39(42)24-34(35)36(26-49-51(44,45)32-12-8-30(3)9-13-32)37(42)27-50-52(46,47)33-14-10-31(4)11-15-33/h8-15,25,29,34,36-39H,7,16-24,26-28H2,1-6H3/t34-,36-,37+,38-,39+,40-,41-,42+/m0/s1. The molecule has 0 aromatic heterocycles. The second kappa shape index (κ2) is 14.2. The van der Waals surface area contributed by atoms with Crippen LogP contribution < -0.4 is 0 Å². The molecule has 5 aliphatic carbocycles. The Balaban J connectivity index is 1.26. The third-order valence-corrected chi connectivity index (χ3v) is 16.9. The average Bonchev–Trinajstić information content (AvgIpc) is 3.10. The second-order valence-corrected chi connectivity index (χ2v) is 20.9. The quantitative estimate of drug-likeness (QED) is 0.169. The van der Waals surface area contributed by atoms with Crippen LogP contribution in [-0.2, 0) is 33.3 Å².